The minimum atomic E-state index is -0.294. The Morgan fingerprint density at radius 3 is 2.53 bits per heavy atom. The Labute approximate surface area is 214 Å². The molecule has 0 saturated carbocycles. The first-order valence-electron chi connectivity index (χ1n) is 12.0. The number of carbonyl (C=O) groups is 1. The fourth-order valence-electron chi connectivity index (χ4n) is 4.64. The van der Waals surface area contributed by atoms with E-state index >= 15 is 0 Å². The molecule has 182 valence electrons. The number of nitrogens with one attached hydrogen (secondary N) is 1. The zero-order valence-corrected chi connectivity index (χ0v) is 20.8. The first kappa shape index (κ1) is 23.8. The van der Waals surface area contributed by atoms with Crippen LogP contribution in [0.25, 0.3) is 21.8 Å². The summed E-state index contributed by atoms with van der Waals surface area (Å²) in [5.74, 6) is -0.234. The van der Waals surface area contributed by atoms with Crippen molar-refractivity contribution in [3.8, 4) is 0 Å². The van der Waals surface area contributed by atoms with Gasteiger partial charge < -0.3 is 9.88 Å². The van der Waals surface area contributed by atoms with Crippen LogP contribution < -0.4 is 10.9 Å². The van der Waals surface area contributed by atoms with Crippen molar-refractivity contribution in [2.24, 2.45) is 0 Å². The standard InChI is InChI=1S/C29H27ClN4O2/c1-20(14-15-21-8-3-2-4-9-21)32-27(35)19-34-29(36)28-25(17-31-34)24-12-5-6-13-26(24)33(28)18-22-10-7-11-23(30)16-22/h2-13,16-17,20H,14-15,18-19H2,1H3,(H,32,35). The van der Waals surface area contributed by atoms with E-state index in [4.69, 9.17) is 11.6 Å². The molecule has 0 saturated heterocycles. The van der Waals surface area contributed by atoms with Crippen LogP contribution in [0.1, 0.15) is 24.5 Å². The number of aryl methyl sites for hydroxylation is 1. The molecule has 36 heavy (non-hydrogen) atoms. The molecular weight excluding hydrogens is 472 g/mol. The van der Waals surface area contributed by atoms with Crippen LogP contribution in [0.5, 0.6) is 0 Å². The zero-order chi connectivity index (χ0) is 25.1. The Morgan fingerprint density at radius 1 is 0.972 bits per heavy atom. The van der Waals surface area contributed by atoms with E-state index in [1.165, 1.54) is 10.2 Å². The summed E-state index contributed by atoms with van der Waals surface area (Å²) in [6.07, 6.45) is 3.36. The SMILES string of the molecule is CC(CCc1ccccc1)NC(=O)Cn1ncc2c3ccccc3n(Cc3cccc(Cl)c3)c2c1=O. The smallest absolute Gasteiger partial charge is 0.291 e. The molecule has 7 heteroatoms. The molecule has 0 aliphatic heterocycles. The number of nitrogens with zero attached hydrogens (tertiary/aromatic N) is 3. The highest BCUT2D eigenvalue weighted by Gasteiger charge is 2.18. The summed E-state index contributed by atoms with van der Waals surface area (Å²) in [4.78, 5) is 26.4. The van der Waals surface area contributed by atoms with Crippen molar-refractivity contribution >= 4 is 39.3 Å². The van der Waals surface area contributed by atoms with Crippen molar-refractivity contribution in [2.75, 3.05) is 0 Å². The number of fused-ring (bicyclic) bond motifs is 3. The number of rotatable bonds is 8. The first-order valence-corrected chi connectivity index (χ1v) is 12.4. The molecule has 3 aromatic carbocycles. The number of hydrogen-bond acceptors (Lipinski definition) is 3. The molecule has 0 radical (unpaired) electrons. The third kappa shape index (κ3) is 5.04. The third-order valence-corrected chi connectivity index (χ3v) is 6.65. The van der Waals surface area contributed by atoms with Gasteiger partial charge in [-0.25, -0.2) is 4.68 Å². The van der Waals surface area contributed by atoms with Crippen LogP contribution in [0.3, 0.4) is 0 Å². The second-order valence-corrected chi connectivity index (χ2v) is 9.53. The quantitative estimate of drug-likeness (QED) is 0.320. The van der Waals surface area contributed by atoms with E-state index in [0.29, 0.717) is 17.1 Å². The molecule has 6 nitrogen and oxygen atoms in total. The van der Waals surface area contributed by atoms with Gasteiger partial charge in [0.05, 0.1) is 6.20 Å². The Balaban J connectivity index is 1.41. The lowest BCUT2D eigenvalue weighted by molar-refractivity contribution is -0.122. The highest BCUT2D eigenvalue weighted by atomic mass is 35.5. The van der Waals surface area contributed by atoms with Crippen LogP contribution in [0.2, 0.25) is 5.02 Å². The van der Waals surface area contributed by atoms with Gasteiger partial charge in [-0.15, -0.1) is 0 Å². The van der Waals surface area contributed by atoms with Crippen molar-refractivity contribution < 1.29 is 4.79 Å². The van der Waals surface area contributed by atoms with Crippen LogP contribution in [0, 0.1) is 0 Å². The summed E-state index contributed by atoms with van der Waals surface area (Å²) in [6.45, 7) is 2.32. The Kier molecular flexibility index (Phi) is 6.87. The summed E-state index contributed by atoms with van der Waals surface area (Å²) in [6, 6.07) is 25.6. The normalized spacial score (nSPS) is 12.2. The van der Waals surface area contributed by atoms with Crippen molar-refractivity contribution in [3.63, 3.8) is 0 Å². The fraction of sp³-hybridized carbons (Fsp3) is 0.207. The highest BCUT2D eigenvalue weighted by molar-refractivity contribution is 6.30. The molecule has 2 aromatic heterocycles. The van der Waals surface area contributed by atoms with Crippen molar-refractivity contribution in [1.29, 1.82) is 0 Å². The van der Waals surface area contributed by atoms with Crippen LogP contribution in [-0.2, 0) is 24.3 Å². The van der Waals surface area contributed by atoms with E-state index < -0.39 is 0 Å². The maximum atomic E-state index is 13.6. The predicted octanol–water partition coefficient (Wildman–Crippen LogP) is 5.19. The van der Waals surface area contributed by atoms with Gasteiger partial charge in [-0.05, 0) is 49.1 Å². The van der Waals surface area contributed by atoms with Crippen LogP contribution in [0.15, 0.2) is 89.9 Å². The molecule has 2 heterocycles. The number of aromatic nitrogens is 3. The molecule has 0 aliphatic rings. The monoisotopic (exact) mass is 498 g/mol. The summed E-state index contributed by atoms with van der Waals surface area (Å²) in [7, 11) is 0. The van der Waals surface area contributed by atoms with E-state index in [2.05, 4.69) is 22.5 Å². The molecule has 0 spiro atoms. The summed E-state index contributed by atoms with van der Waals surface area (Å²) in [5.41, 5.74) is 3.38. The Morgan fingerprint density at radius 2 is 1.72 bits per heavy atom. The number of benzene rings is 3. The van der Waals surface area contributed by atoms with E-state index in [9.17, 15) is 9.59 Å². The van der Waals surface area contributed by atoms with Crippen LogP contribution in [-0.4, -0.2) is 26.3 Å². The molecule has 0 fully saturated rings. The lowest BCUT2D eigenvalue weighted by atomic mass is 10.1. The maximum absolute atomic E-state index is 13.6. The number of hydrogen-bond donors (Lipinski definition) is 1. The number of para-hydroxylation sites is 1. The lowest BCUT2D eigenvalue weighted by Gasteiger charge is -2.14. The number of halogens is 1. The summed E-state index contributed by atoms with van der Waals surface area (Å²) >= 11 is 6.20. The molecule has 1 atom stereocenters. The average Bonchev–Trinajstić information content (AvgIpc) is 3.19. The molecule has 1 unspecified atom stereocenters. The van der Waals surface area contributed by atoms with Gasteiger partial charge >= 0.3 is 0 Å². The molecular formula is C29H27ClN4O2. The van der Waals surface area contributed by atoms with Gasteiger partial charge in [-0.3, -0.25) is 9.59 Å². The van der Waals surface area contributed by atoms with Gasteiger partial charge in [0.25, 0.3) is 5.56 Å². The Bertz CT molecular complexity index is 1590. The summed E-state index contributed by atoms with van der Waals surface area (Å²) in [5, 5.41) is 9.70. The average molecular weight is 499 g/mol. The number of carbonyl (C=O) groups excluding carboxylic acids is 1. The van der Waals surface area contributed by atoms with Crippen molar-refractivity contribution in [3.05, 3.63) is 112 Å². The van der Waals surface area contributed by atoms with Gasteiger partial charge in [0.1, 0.15) is 12.1 Å². The molecule has 1 amide bonds. The fourth-order valence-corrected chi connectivity index (χ4v) is 4.86. The molecule has 1 N–H and O–H groups in total. The molecule has 5 aromatic rings. The second-order valence-electron chi connectivity index (χ2n) is 9.10. The second kappa shape index (κ2) is 10.4. The van der Waals surface area contributed by atoms with Crippen molar-refractivity contribution in [1.82, 2.24) is 19.7 Å². The molecule has 5 rings (SSSR count). The predicted molar refractivity (Wildman–Crippen MR) is 144 cm³/mol. The minimum Gasteiger partial charge on any atom is -0.352 e. The minimum absolute atomic E-state index is 0.0218. The topological polar surface area (TPSA) is 68.9 Å². The molecule has 0 bridgehead atoms. The number of amides is 1. The summed E-state index contributed by atoms with van der Waals surface area (Å²) < 4.78 is 3.23. The van der Waals surface area contributed by atoms with Gasteiger partial charge in [0.2, 0.25) is 5.91 Å². The van der Waals surface area contributed by atoms with Gasteiger partial charge in [0.15, 0.2) is 0 Å². The first-order chi connectivity index (χ1) is 17.5. The largest absolute Gasteiger partial charge is 0.352 e. The van der Waals surface area contributed by atoms with Crippen molar-refractivity contribution in [2.45, 2.75) is 38.9 Å². The lowest BCUT2D eigenvalue weighted by Crippen LogP contribution is -2.38. The highest BCUT2D eigenvalue weighted by Crippen LogP contribution is 2.27. The van der Waals surface area contributed by atoms with Gasteiger partial charge in [0, 0.05) is 33.9 Å². The maximum Gasteiger partial charge on any atom is 0.291 e. The van der Waals surface area contributed by atoms with E-state index in [1.54, 1.807) is 6.20 Å². The zero-order valence-electron chi connectivity index (χ0n) is 20.0. The molecule has 0 aliphatic carbocycles. The van der Waals surface area contributed by atoms with E-state index in [-0.39, 0.29) is 24.1 Å². The van der Waals surface area contributed by atoms with Gasteiger partial charge in [-0.1, -0.05) is 72.3 Å². The third-order valence-electron chi connectivity index (χ3n) is 6.41. The van der Waals surface area contributed by atoms with Crippen LogP contribution in [0.4, 0.5) is 0 Å². The van der Waals surface area contributed by atoms with Gasteiger partial charge in [-0.2, -0.15) is 5.10 Å². The van der Waals surface area contributed by atoms with E-state index in [1.807, 2.05) is 78.2 Å². The van der Waals surface area contributed by atoms with E-state index in [0.717, 1.165) is 34.7 Å². The Hall–Kier alpha value is -3.90. The van der Waals surface area contributed by atoms with Crippen LogP contribution >= 0.6 is 11.6 Å².